The first-order valence-electron chi connectivity index (χ1n) is 4.18. The zero-order valence-electron chi connectivity index (χ0n) is 7.32. The van der Waals surface area contributed by atoms with Crippen molar-refractivity contribution in [3.63, 3.8) is 0 Å². The molecule has 0 N–H and O–H groups in total. The second-order valence-electron chi connectivity index (χ2n) is 3.01. The number of hydrogen-bond acceptors (Lipinski definition) is 2. The summed E-state index contributed by atoms with van der Waals surface area (Å²) in [6.45, 7) is 2.45. The Hall–Kier alpha value is -0.0900. The molecule has 1 saturated heterocycles. The van der Waals surface area contributed by atoms with Gasteiger partial charge in [-0.2, -0.15) is 0 Å². The average Bonchev–Trinajstić information content (AvgIpc) is 2.42. The first-order valence-corrected chi connectivity index (χ1v) is 5.00. The maximum atomic E-state index is 5.61. The van der Waals surface area contributed by atoms with E-state index in [-0.39, 0.29) is 12.2 Å². The van der Waals surface area contributed by atoms with Gasteiger partial charge in [0.15, 0.2) is 0 Å². The minimum atomic E-state index is 0.188. The zero-order chi connectivity index (χ0) is 8.97. The predicted molar refractivity (Wildman–Crippen MR) is 52.1 cm³/mol. The van der Waals surface area contributed by atoms with Crippen molar-refractivity contribution >= 4 is 9.24 Å². The lowest BCUT2D eigenvalue weighted by Crippen LogP contribution is -2.25. The van der Waals surface area contributed by atoms with Crippen LogP contribution in [0.25, 0.3) is 0 Å². The quantitative estimate of drug-likeness (QED) is 0.484. The SMILES string of the molecule is C#CCOC1CC(C)OC1CP. The van der Waals surface area contributed by atoms with Crippen LogP contribution in [0.15, 0.2) is 0 Å². The standard InChI is InChI=1S/C9H15O2P/c1-3-4-10-8-5-7(2)11-9(8)6-12/h1,7-9H,4-6,12H2,2H3. The third-order valence-electron chi connectivity index (χ3n) is 2.00. The minimum absolute atomic E-state index is 0.188. The molecule has 0 amide bonds. The molecular formula is C9H15O2P. The van der Waals surface area contributed by atoms with Crippen LogP contribution in [0.3, 0.4) is 0 Å². The molecule has 0 bridgehead atoms. The number of hydrogen-bond donors (Lipinski definition) is 0. The molecule has 1 rings (SSSR count). The van der Waals surface area contributed by atoms with Crippen LogP contribution in [0.1, 0.15) is 13.3 Å². The van der Waals surface area contributed by atoms with Gasteiger partial charge >= 0.3 is 0 Å². The van der Waals surface area contributed by atoms with E-state index in [1.807, 2.05) is 0 Å². The van der Waals surface area contributed by atoms with Gasteiger partial charge in [0.05, 0.1) is 18.3 Å². The summed E-state index contributed by atoms with van der Waals surface area (Å²) in [5.41, 5.74) is 0. The fraction of sp³-hybridized carbons (Fsp3) is 0.778. The first kappa shape index (κ1) is 9.99. The summed E-state index contributed by atoms with van der Waals surface area (Å²) in [5, 5.41) is 0. The number of terminal acetylenes is 1. The molecule has 1 aliphatic rings. The third-order valence-corrected chi connectivity index (χ3v) is 2.46. The van der Waals surface area contributed by atoms with E-state index in [1.165, 1.54) is 0 Å². The van der Waals surface area contributed by atoms with Crippen molar-refractivity contribution in [1.82, 2.24) is 0 Å². The van der Waals surface area contributed by atoms with Crippen molar-refractivity contribution in [2.24, 2.45) is 0 Å². The molecule has 0 saturated carbocycles. The van der Waals surface area contributed by atoms with Crippen LogP contribution in [0, 0.1) is 12.3 Å². The van der Waals surface area contributed by atoms with Gasteiger partial charge in [-0.3, -0.25) is 0 Å². The van der Waals surface area contributed by atoms with Gasteiger partial charge in [0.1, 0.15) is 6.61 Å². The summed E-state index contributed by atoms with van der Waals surface area (Å²) in [6, 6.07) is 0. The van der Waals surface area contributed by atoms with Crippen LogP contribution in [0.4, 0.5) is 0 Å². The van der Waals surface area contributed by atoms with E-state index in [0.29, 0.717) is 12.7 Å². The molecule has 4 unspecified atom stereocenters. The molecule has 0 spiro atoms. The Bertz CT molecular complexity index is 176. The van der Waals surface area contributed by atoms with Crippen molar-refractivity contribution in [3.05, 3.63) is 0 Å². The highest BCUT2D eigenvalue weighted by Gasteiger charge is 2.31. The topological polar surface area (TPSA) is 18.5 Å². The Morgan fingerprint density at radius 1 is 1.75 bits per heavy atom. The smallest absolute Gasteiger partial charge is 0.107 e. The van der Waals surface area contributed by atoms with Crippen molar-refractivity contribution in [1.29, 1.82) is 0 Å². The van der Waals surface area contributed by atoms with Crippen LogP contribution in [-0.2, 0) is 9.47 Å². The fourth-order valence-electron chi connectivity index (χ4n) is 1.46. The monoisotopic (exact) mass is 186 g/mol. The minimum Gasteiger partial charge on any atom is -0.372 e. The van der Waals surface area contributed by atoms with Gasteiger partial charge in [-0.25, -0.2) is 0 Å². The molecule has 0 aromatic heterocycles. The van der Waals surface area contributed by atoms with E-state index < -0.39 is 0 Å². The van der Waals surface area contributed by atoms with Crippen LogP contribution >= 0.6 is 9.24 Å². The molecule has 2 nitrogen and oxygen atoms in total. The molecule has 1 fully saturated rings. The maximum absolute atomic E-state index is 5.61. The van der Waals surface area contributed by atoms with Crippen LogP contribution in [-0.4, -0.2) is 31.1 Å². The van der Waals surface area contributed by atoms with E-state index in [0.717, 1.165) is 12.6 Å². The summed E-state index contributed by atoms with van der Waals surface area (Å²) >= 11 is 0. The van der Waals surface area contributed by atoms with E-state index in [4.69, 9.17) is 15.9 Å². The molecule has 3 heteroatoms. The highest BCUT2D eigenvalue weighted by molar-refractivity contribution is 7.16. The van der Waals surface area contributed by atoms with Gasteiger partial charge in [0, 0.05) is 6.42 Å². The lowest BCUT2D eigenvalue weighted by atomic mass is 10.1. The molecule has 4 atom stereocenters. The van der Waals surface area contributed by atoms with Crippen LogP contribution in [0.2, 0.25) is 0 Å². The maximum Gasteiger partial charge on any atom is 0.107 e. The lowest BCUT2D eigenvalue weighted by molar-refractivity contribution is 0.00333. The first-order chi connectivity index (χ1) is 5.77. The van der Waals surface area contributed by atoms with Crippen molar-refractivity contribution in [2.45, 2.75) is 31.7 Å². The molecule has 0 radical (unpaired) electrons. The van der Waals surface area contributed by atoms with E-state index in [9.17, 15) is 0 Å². The van der Waals surface area contributed by atoms with Gasteiger partial charge in [-0.05, 0) is 13.1 Å². The lowest BCUT2D eigenvalue weighted by Gasteiger charge is -2.15. The second-order valence-corrected chi connectivity index (χ2v) is 3.48. The summed E-state index contributed by atoms with van der Waals surface area (Å²) in [5.74, 6) is 2.47. The normalized spacial score (nSPS) is 34.9. The Kier molecular flexibility index (Phi) is 4.01. The van der Waals surface area contributed by atoms with Crippen LogP contribution < -0.4 is 0 Å². The van der Waals surface area contributed by atoms with Gasteiger partial charge in [0.2, 0.25) is 0 Å². The zero-order valence-corrected chi connectivity index (χ0v) is 8.48. The summed E-state index contributed by atoms with van der Waals surface area (Å²) in [7, 11) is 2.67. The second kappa shape index (κ2) is 4.82. The highest BCUT2D eigenvalue weighted by Crippen LogP contribution is 2.24. The van der Waals surface area contributed by atoms with E-state index in [1.54, 1.807) is 0 Å². The van der Waals surface area contributed by atoms with E-state index in [2.05, 4.69) is 22.1 Å². The van der Waals surface area contributed by atoms with E-state index >= 15 is 0 Å². The van der Waals surface area contributed by atoms with Gasteiger partial charge in [-0.1, -0.05) is 5.92 Å². The molecule has 1 aliphatic heterocycles. The van der Waals surface area contributed by atoms with Crippen molar-refractivity contribution in [2.75, 3.05) is 12.8 Å². The summed E-state index contributed by atoms with van der Waals surface area (Å²) in [6.07, 6.45) is 7.68. The molecule has 0 aromatic carbocycles. The molecule has 1 heterocycles. The highest BCUT2D eigenvalue weighted by atomic mass is 31.0. The predicted octanol–water partition coefficient (Wildman–Crippen LogP) is 1.06. The molecule has 68 valence electrons. The largest absolute Gasteiger partial charge is 0.372 e. The summed E-state index contributed by atoms with van der Waals surface area (Å²) < 4.78 is 11.1. The van der Waals surface area contributed by atoms with Crippen molar-refractivity contribution < 1.29 is 9.47 Å². The van der Waals surface area contributed by atoms with Gasteiger partial charge in [-0.15, -0.1) is 15.7 Å². The van der Waals surface area contributed by atoms with Gasteiger partial charge in [0.25, 0.3) is 0 Å². The van der Waals surface area contributed by atoms with Gasteiger partial charge < -0.3 is 9.47 Å². The average molecular weight is 186 g/mol. The van der Waals surface area contributed by atoms with Crippen molar-refractivity contribution in [3.8, 4) is 12.3 Å². The Morgan fingerprint density at radius 2 is 2.50 bits per heavy atom. The summed E-state index contributed by atoms with van der Waals surface area (Å²) in [4.78, 5) is 0. The third kappa shape index (κ3) is 2.45. The molecule has 12 heavy (non-hydrogen) atoms. The number of ether oxygens (including phenoxy) is 2. The Balaban J connectivity index is 2.36. The molecule has 0 aliphatic carbocycles. The molecular weight excluding hydrogens is 171 g/mol. The van der Waals surface area contributed by atoms with Crippen LogP contribution in [0.5, 0.6) is 0 Å². The Morgan fingerprint density at radius 3 is 3.08 bits per heavy atom. The molecule has 0 aromatic rings. The number of rotatable bonds is 3. The Labute approximate surface area is 76.2 Å². The fourth-order valence-corrected chi connectivity index (χ4v) is 1.87.